The third kappa shape index (κ3) is 3.31. The molecule has 0 radical (unpaired) electrons. The molecule has 1 aliphatic heterocycles. The topological polar surface area (TPSA) is 87.1 Å². The Balaban J connectivity index is 1.93. The second-order valence-electron chi connectivity index (χ2n) is 5.98. The Morgan fingerprint density at radius 1 is 1.48 bits per heavy atom. The quantitative estimate of drug-likeness (QED) is 0.857. The van der Waals surface area contributed by atoms with Gasteiger partial charge in [0.15, 0.2) is 0 Å². The molecular formula is C15H20N6O2. The number of H-pyrrole nitrogens is 1. The van der Waals surface area contributed by atoms with Crippen molar-refractivity contribution in [3.8, 4) is 0 Å². The van der Waals surface area contributed by atoms with E-state index in [1.54, 1.807) is 11.1 Å². The van der Waals surface area contributed by atoms with Gasteiger partial charge in [-0.1, -0.05) is 0 Å². The van der Waals surface area contributed by atoms with Crippen molar-refractivity contribution in [3.05, 3.63) is 46.4 Å². The van der Waals surface area contributed by atoms with Crippen molar-refractivity contribution in [3.63, 3.8) is 0 Å². The molecule has 0 bridgehead atoms. The molecule has 1 aliphatic rings. The SMILES string of the molecule is CN(C)CC1CCn2nccc2CN1C(=O)c1cc(=O)[nH]cn1. The fourth-order valence-corrected chi connectivity index (χ4v) is 2.91. The highest BCUT2D eigenvalue weighted by Crippen LogP contribution is 2.19. The number of aromatic nitrogens is 4. The first-order valence-electron chi connectivity index (χ1n) is 7.55. The molecule has 0 spiro atoms. The van der Waals surface area contributed by atoms with Crippen molar-refractivity contribution in [1.29, 1.82) is 0 Å². The largest absolute Gasteiger partial charge is 0.327 e. The number of hydrogen-bond acceptors (Lipinski definition) is 5. The second kappa shape index (κ2) is 6.33. The van der Waals surface area contributed by atoms with Crippen LogP contribution in [0.1, 0.15) is 22.6 Å². The predicted molar refractivity (Wildman–Crippen MR) is 83.9 cm³/mol. The minimum absolute atomic E-state index is 0.0419. The Bertz CT molecular complexity index is 750. The summed E-state index contributed by atoms with van der Waals surface area (Å²) in [6.07, 6.45) is 3.82. The van der Waals surface area contributed by atoms with E-state index in [0.29, 0.717) is 6.54 Å². The van der Waals surface area contributed by atoms with Gasteiger partial charge in [0.25, 0.3) is 11.5 Å². The van der Waals surface area contributed by atoms with Gasteiger partial charge in [-0.25, -0.2) is 4.98 Å². The average molecular weight is 316 g/mol. The maximum absolute atomic E-state index is 12.9. The van der Waals surface area contributed by atoms with Crippen molar-refractivity contribution in [1.82, 2.24) is 29.5 Å². The van der Waals surface area contributed by atoms with Crippen LogP contribution < -0.4 is 5.56 Å². The van der Waals surface area contributed by atoms with Crippen molar-refractivity contribution in [2.45, 2.75) is 25.6 Å². The molecule has 8 heteroatoms. The van der Waals surface area contributed by atoms with Crippen LogP contribution >= 0.6 is 0 Å². The van der Waals surface area contributed by atoms with Gasteiger partial charge in [-0.15, -0.1) is 0 Å². The molecule has 0 fully saturated rings. The van der Waals surface area contributed by atoms with Crippen LogP contribution in [0.25, 0.3) is 0 Å². The van der Waals surface area contributed by atoms with E-state index in [0.717, 1.165) is 25.2 Å². The van der Waals surface area contributed by atoms with Crippen LogP contribution in [0.15, 0.2) is 29.5 Å². The second-order valence-corrected chi connectivity index (χ2v) is 5.98. The number of nitrogens with zero attached hydrogens (tertiary/aromatic N) is 5. The summed E-state index contributed by atoms with van der Waals surface area (Å²) in [5, 5.41) is 4.31. The summed E-state index contributed by atoms with van der Waals surface area (Å²) in [6.45, 7) is 1.99. The summed E-state index contributed by atoms with van der Waals surface area (Å²) < 4.78 is 1.93. The smallest absolute Gasteiger partial charge is 0.273 e. The molecule has 0 saturated carbocycles. The van der Waals surface area contributed by atoms with Crippen LogP contribution in [0.5, 0.6) is 0 Å². The fourth-order valence-electron chi connectivity index (χ4n) is 2.91. The minimum Gasteiger partial charge on any atom is -0.327 e. The molecule has 2 aromatic rings. The lowest BCUT2D eigenvalue weighted by molar-refractivity contribution is 0.0620. The van der Waals surface area contributed by atoms with Crippen LogP contribution in [0.4, 0.5) is 0 Å². The summed E-state index contributed by atoms with van der Waals surface area (Å²) in [5.41, 5.74) is 0.835. The predicted octanol–water partition coefficient (Wildman–Crippen LogP) is -0.0573. The number of rotatable bonds is 3. The van der Waals surface area contributed by atoms with E-state index in [4.69, 9.17) is 0 Å². The molecule has 0 aliphatic carbocycles. The molecule has 8 nitrogen and oxygen atoms in total. The van der Waals surface area contributed by atoms with Crippen molar-refractivity contribution in [2.24, 2.45) is 0 Å². The molecular weight excluding hydrogens is 296 g/mol. The lowest BCUT2D eigenvalue weighted by Crippen LogP contribution is -2.45. The third-order valence-electron chi connectivity index (χ3n) is 3.99. The van der Waals surface area contributed by atoms with Crippen LogP contribution in [0.2, 0.25) is 0 Å². The van der Waals surface area contributed by atoms with Crippen molar-refractivity contribution < 1.29 is 4.79 Å². The number of carbonyl (C=O) groups is 1. The molecule has 23 heavy (non-hydrogen) atoms. The number of likely N-dealkylation sites (N-methyl/N-ethyl adjacent to an activating group) is 1. The highest BCUT2D eigenvalue weighted by atomic mass is 16.2. The molecule has 1 amide bonds. The zero-order chi connectivity index (χ0) is 16.4. The Morgan fingerprint density at radius 3 is 3.04 bits per heavy atom. The first-order chi connectivity index (χ1) is 11.0. The van der Waals surface area contributed by atoms with Gasteiger partial charge in [0.05, 0.1) is 18.6 Å². The standard InChI is InChI=1S/C15H20N6O2/c1-19(2)8-11-4-6-21-12(3-5-18-21)9-20(11)15(23)13-7-14(22)17-10-16-13/h3,5,7,10-11H,4,6,8-9H2,1-2H3,(H,16,17,22). The van der Waals surface area contributed by atoms with Crippen molar-refractivity contribution >= 4 is 5.91 Å². The molecule has 3 rings (SSSR count). The van der Waals surface area contributed by atoms with E-state index in [1.807, 2.05) is 24.8 Å². The Labute approximate surface area is 133 Å². The maximum atomic E-state index is 12.9. The first-order valence-corrected chi connectivity index (χ1v) is 7.55. The van der Waals surface area contributed by atoms with Gasteiger partial charge in [0.1, 0.15) is 5.69 Å². The summed E-state index contributed by atoms with van der Waals surface area (Å²) in [5.74, 6) is -0.224. The summed E-state index contributed by atoms with van der Waals surface area (Å²) >= 11 is 0. The van der Waals surface area contributed by atoms with Gasteiger partial charge < -0.3 is 14.8 Å². The van der Waals surface area contributed by atoms with E-state index in [2.05, 4.69) is 20.0 Å². The minimum atomic E-state index is -0.327. The number of nitrogens with one attached hydrogen (secondary N) is 1. The molecule has 122 valence electrons. The van der Waals surface area contributed by atoms with Crippen LogP contribution in [-0.4, -0.2) is 62.1 Å². The van der Waals surface area contributed by atoms with Gasteiger partial charge in [0.2, 0.25) is 0 Å². The lowest BCUT2D eigenvalue weighted by atomic mass is 10.1. The number of fused-ring (bicyclic) bond motifs is 1. The van der Waals surface area contributed by atoms with Gasteiger partial charge in [0, 0.05) is 31.4 Å². The highest BCUT2D eigenvalue weighted by Gasteiger charge is 2.29. The van der Waals surface area contributed by atoms with Crippen LogP contribution in [-0.2, 0) is 13.1 Å². The highest BCUT2D eigenvalue weighted by molar-refractivity contribution is 5.92. The lowest BCUT2D eigenvalue weighted by Gasteiger charge is -2.31. The monoisotopic (exact) mass is 316 g/mol. The van der Waals surface area contributed by atoms with Crippen molar-refractivity contribution in [2.75, 3.05) is 20.6 Å². The number of amides is 1. The van der Waals surface area contributed by atoms with E-state index in [9.17, 15) is 9.59 Å². The normalized spacial score (nSPS) is 17.9. The van der Waals surface area contributed by atoms with Crippen LogP contribution in [0, 0.1) is 0 Å². The van der Waals surface area contributed by atoms with E-state index in [1.165, 1.54) is 12.4 Å². The van der Waals surface area contributed by atoms with Gasteiger partial charge >= 0.3 is 0 Å². The molecule has 0 saturated heterocycles. The Morgan fingerprint density at radius 2 is 2.30 bits per heavy atom. The van der Waals surface area contributed by atoms with Gasteiger partial charge in [-0.2, -0.15) is 5.10 Å². The summed E-state index contributed by atoms with van der Waals surface area (Å²) in [7, 11) is 3.97. The van der Waals surface area contributed by atoms with E-state index >= 15 is 0 Å². The molecule has 1 atom stereocenters. The molecule has 1 N–H and O–H groups in total. The van der Waals surface area contributed by atoms with E-state index < -0.39 is 0 Å². The molecule has 0 aromatic carbocycles. The van der Waals surface area contributed by atoms with Gasteiger partial charge in [-0.05, 0) is 26.6 Å². The summed E-state index contributed by atoms with van der Waals surface area (Å²) in [4.78, 5) is 34.7. The number of aryl methyl sites for hydroxylation is 1. The number of carbonyl (C=O) groups excluding carboxylic acids is 1. The molecule has 3 heterocycles. The molecule has 2 aromatic heterocycles. The first kappa shape index (κ1) is 15.4. The zero-order valence-corrected chi connectivity index (χ0v) is 13.3. The maximum Gasteiger partial charge on any atom is 0.273 e. The number of hydrogen-bond donors (Lipinski definition) is 1. The molecule has 1 unspecified atom stereocenters. The number of aromatic amines is 1. The Hall–Kier alpha value is -2.48. The van der Waals surface area contributed by atoms with Crippen LogP contribution in [0.3, 0.4) is 0 Å². The zero-order valence-electron chi connectivity index (χ0n) is 13.3. The fraction of sp³-hybridized carbons (Fsp3) is 0.467. The Kier molecular flexibility index (Phi) is 4.24. The van der Waals surface area contributed by atoms with E-state index in [-0.39, 0.29) is 23.2 Å². The third-order valence-corrected chi connectivity index (χ3v) is 3.99. The van der Waals surface area contributed by atoms with Gasteiger partial charge in [-0.3, -0.25) is 14.3 Å². The summed E-state index contributed by atoms with van der Waals surface area (Å²) in [6, 6.07) is 3.21. The average Bonchev–Trinajstić information content (AvgIpc) is 2.89.